The first-order valence-electron chi connectivity index (χ1n) is 4.31. The van der Waals surface area contributed by atoms with Crippen molar-refractivity contribution in [1.82, 2.24) is 4.98 Å². The van der Waals surface area contributed by atoms with E-state index in [9.17, 15) is 4.79 Å². The van der Waals surface area contributed by atoms with Crippen molar-refractivity contribution in [2.45, 2.75) is 32.4 Å². The van der Waals surface area contributed by atoms with E-state index in [0.717, 1.165) is 5.75 Å². The van der Waals surface area contributed by atoms with Crippen LogP contribution < -0.4 is 0 Å². The van der Waals surface area contributed by atoms with Gasteiger partial charge in [0.05, 0.1) is 6.20 Å². The Kier molecular flexibility index (Phi) is 7.39. The molecule has 0 aliphatic heterocycles. The molecule has 0 saturated heterocycles. The molecule has 0 aromatic carbocycles. The average molecular weight is 201 g/mol. The first kappa shape index (κ1) is 12.2. The highest BCUT2D eigenvalue weighted by Crippen LogP contribution is 2.15. The van der Waals surface area contributed by atoms with Crippen molar-refractivity contribution in [3.8, 4) is 0 Å². The highest BCUT2D eigenvalue weighted by Gasteiger charge is 1.98. The van der Waals surface area contributed by atoms with Crippen LogP contribution in [-0.4, -0.2) is 16.5 Å². The van der Waals surface area contributed by atoms with Gasteiger partial charge in [-0.1, -0.05) is 25.6 Å². The summed E-state index contributed by atoms with van der Waals surface area (Å²) in [4.78, 5) is 14.4. The molecule has 0 fully saturated rings. The second-order valence-corrected chi connectivity index (χ2v) is 3.14. The Morgan fingerprint density at radius 2 is 2.31 bits per heavy atom. The van der Waals surface area contributed by atoms with Crippen LogP contribution in [0.15, 0.2) is 22.1 Å². The molecular weight excluding hydrogens is 186 g/mol. The zero-order chi connectivity index (χ0) is 10.1. The van der Waals surface area contributed by atoms with E-state index in [-0.39, 0.29) is 5.78 Å². The summed E-state index contributed by atoms with van der Waals surface area (Å²) >= 11 is 1.46. The highest BCUT2D eigenvalue weighted by atomic mass is 32.2. The maximum Gasteiger partial charge on any atom is 0.255 e. The van der Waals surface area contributed by atoms with E-state index in [0.29, 0.717) is 11.6 Å². The van der Waals surface area contributed by atoms with E-state index < -0.39 is 0 Å². The van der Waals surface area contributed by atoms with Crippen LogP contribution in [-0.2, 0) is 4.79 Å². The minimum absolute atomic E-state index is 0.198. The molecule has 0 aliphatic carbocycles. The second kappa shape index (κ2) is 7.86. The third-order valence-corrected chi connectivity index (χ3v) is 1.95. The van der Waals surface area contributed by atoms with Gasteiger partial charge in [-0.25, -0.2) is 4.98 Å². The zero-order valence-electron chi connectivity index (χ0n) is 8.24. The van der Waals surface area contributed by atoms with Gasteiger partial charge in [0, 0.05) is 12.2 Å². The topological polar surface area (TPSA) is 43.1 Å². The molecule has 0 spiro atoms. The molecular formula is C9H15NO2S. The number of rotatable bonds is 4. The number of nitrogens with zero attached hydrogens (tertiary/aromatic N) is 1. The van der Waals surface area contributed by atoms with Crippen molar-refractivity contribution in [2.24, 2.45) is 0 Å². The van der Waals surface area contributed by atoms with Gasteiger partial charge >= 0.3 is 0 Å². The molecule has 0 aliphatic rings. The standard InChI is InChI=1S/C7H9NO2S.C2H6/c1-6(9)2-5-11-7-8-3-4-10-7;1-2/h3-4H,2,5H2,1H3;1-2H3. The molecule has 1 heterocycles. The SMILES string of the molecule is CC.CC(=O)CCSc1ncco1. The number of hydrogen-bond donors (Lipinski definition) is 0. The van der Waals surface area contributed by atoms with Crippen molar-refractivity contribution >= 4 is 17.5 Å². The Morgan fingerprint density at radius 3 is 2.77 bits per heavy atom. The van der Waals surface area contributed by atoms with E-state index in [1.165, 1.54) is 18.0 Å². The van der Waals surface area contributed by atoms with Crippen LogP contribution in [0.1, 0.15) is 27.2 Å². The summed E-state index contributed by atoms with van der Waals surface area (Å²) in [5.41, 5.74) is 0. The molecule has 0 radical (unpaired) electrons. The Hall–Kier alpha value is -0.770. The number of carbonyl (C=O) groups excluding carboxylic acids is 1. The van der Waals surface area contributed by atoms with Gasteiger partial charge in [-0.15, -0.1) is 0 Å². The molecule has 0 saturated carbocycles. The lowest BCUT2D eigenvalue weighted by Gasteiger charge is -1.91. The lowest BCUT2D eigenvalue weighted by atomic mass is 10.4. The van der Waals surface area contributed by atoms with Gasteiger partial charge in [-0.3, -0.25) is 4.79 Å². The summed E-state index contributed by atoms with van der Waals surface area (Å²) in [5.74, 6) is 0.944. The number of thioether (sulfide) groups is 1. The van der Waals surface area contributed by atoms with Crippen LogP contribution >= 0.6 is 11.8 Å². The summed E-state index contributed by atoms with van der Waals surface area (Å²) in [6, 6.07) is 0. The molecule has 1 aromatic rings. The normalized spacial score (nSPS) is 8.85. The van der Waals surface area contributed by atoms with E-state index >= 15 is 0 Å². The average Bonchev–Trinajstić information content (AvgIpc) is 2.60. The van der Waals surface area contributed by atoms with Crippen molar-refractivity contribution in [3.05, 3.63) is 12.5 Å². The first-order chi connectivity index (χ1) is 6.29. The molecule has 0 amide bonds. The van der Waals surface area contributed by atoms with Crippen LogP contribution in [0.3, 0.4) is 0 Å². The van der Waals surface area contributed by atoms with Crippen LogP contribution in [0.2, 0.25) is 0 Å². The van der Waals surface area contributed by atoms with Gasteiger partial charge in [-0.2, -0.15) is 0 Å². The Labute approximate surface area is 82.9 Å². The smallest absolute Gasteiger partial charge is 0.255 e. The second-order valence-electron chi connectivity index (χ2n) is 2.10. The molecule has 13 heavy (non-hydrogen) atoms. The Bertz CT molecular complexity index is 222. The van der Waals surface area contributed by atoms with E-state index in [1.807, 2.05) is 13.8 Å². The molecule has 0 N–H and O–H groups in total. The fourth-order valence-electron chi connectivity index (χ4n) is 0.564. The lowest BCUT2D eigenvalue weighted by molar-refractivity contribution is -0.116. The number of ketones is 1. The van der Waals surface area contributed by atoms with Crippen molar-refractivity contribution in [3.63, 3.8) is 0 Å². The monoisotopic (exact) mass is 201 g/mol. The van der Waals surface area contributed by atoms with Gasteiger partial charge in [0.15, 0.2) is 0 Å². The minimum atomic E-state index is 0.198. The number of oxazole rings is 1. The predicted molar refractivity (Wildman–Crippen MR) is 53.9 cm³/mol. The predicted octanol–water partition coefficient (Wildman–Crippen LogP) is 2.77. The molecule has 3 nitrogen and oxygen atoms in total. The molecule has 0 bridgehead atoms. The number of aromatic nitrogens is 1. The van der Waals surface area contributed by atoms with Crippen LogP contribution in [0.5, 0.6) is 0 Å². The van der Waals surface area contributed by atoms with Crippen LogP contribution in [0.4, 0.5) is 0 Å². The summed E-state index contributed by atoms with van der Waals surface area (Å²) < 4.78 is 4.96. The van der Waals surface area contributed by atoms with Gasteiger partial charge in [0.2, 0.25) is 0 Å². The molecule has 1 aromatic heterocycles. The number of Topliss-reactive ketones (excluding diaryl/α,β-unsaturated/α-hetero) is 1. The van der Waals surface area contributed by atoms with E-state index in [2.05, 4.69) is 4.98 Å². The van der Waals surface area contributed by atoms with Crippen LogP contribution in [0.25, 0.3) is 0 Å². The Balaban J connectivity index is 0.000000671. The maximum atomic E-state index is 10.5. The molecule has 1 rings (SSSR count). The fourth-order valence-corrected chi connectivity index (χ4v) is 1.39. The van der Waals surface area contributed by atoms with Gasteiger partial charge in [0.25, 0.3) is 5.22 Å². The van der Waals surface area contributed by atoms with Crippen molar-refractivity contribution < 1.29 is 9.21 Å². The number of carbonyl (C=O) groups is 1. The number of hydrogen-bond acceptors (Lipinski definition) is 4. The van der Waals surface area contributed by atoms with E-state index in [4.69, 9.17) is 4.42 Å². The third kappa shape index (κ3) is 6.40. The Morgan fingerprint density at radius 1 is 1.62 bits per heavy atom. The third-order valence-electron chi connectivity index (χ3n) is 1.09. The van der Waals surface area contributed by atoms with E-state index in [1.54, 1.807) is 13.1 Å². The summed E-state index contributed by atoms with van der Waals surface area (Å²) in [5, 5.41) is 0.631. The zero-order valence-corrected chi connectivity index (χ0v) is 9.06. The quantitative estimate of drug-likeness (QED) is 0.702. The largest absolute Gasteiger partial charge is 0.440 e. The molecule has 4 heteroatoms. The van der Waals surface area contributed by atoms with Gasteiger partial charge in [-0.05, 0) is 6.92 Å². The minimum Gasteiger partial charge on any atom is -0.440 e. The van der Waals surface area contributed by atoms with Crippen molar-refractivity contribution in [2.75, 3.05) is 5.75 Å². The highest BCUT2D eigenvalue weighted by molar-refractivity contribution is 7.99. The van der Waals surface area contributed by atoms with Gasteiger partial charge in [0.1, 0.15) is 12.0 Å². The fraction of sp³-hybridized carbons (Fsp3) is 0.556. The maximum absolute atomic E-state index is 10.5. The molecule has 74 valence electrons. The lowest BCUT2D eigenvalue weighted by Crippen LogP contribution is -1.91. The molecule has 0 unspecified atom stereocenters. The first-order valence-corrected chi connectivity index (χ1v) is 5.29. The summed E-state index contributed by atoms with van der Waals surface area (Å²) in [7, 11) is 0. The van der Waals surface area contributed by atoms with Crippen molar-refractivity contribution in [1.29, 1.82) is 0 Å². The summed E-state index contributed by atoms with van der Waals surface area (Å²) in [6.07, 6.45) is 3.69. The van der Waals surface area contributed by atoms with Crippen LogP contribution in [0, 0.1) is 0 Å². The molecule has 0 atom stereocenters. The van der Waals surface area contributed by atoms with Gasteiger partial charge < -0.3 is 4.42 Å². The summed E-state index contributed by atoms with van der Waals surface area (Å²) in [6.45, 7) is 5.58.